The zero-order chi connectivity index (χ0) is 18.0. The van der Waals surface area contributed by atoms with Gasteiger partial charge in [-0.3, -0.25) is 4.79 Å². The molecule has 0 aromatic heterocycles. The summed E-state index contributed by atoms with van der Waals surface area (Å²) in [5.74, 6) is 1.32. The minimum Gasteiger partial charge on any atom is -0.455 e. The molecule has 0 aliphatic carbocycles. The topological polar surface area (TPSA) is 50.4 Å². The van der Waals surface area contributed by atoms with Crippen LogP contribution in [-0.4, -0.2) is 12.5 Å². The van der Waals surface area contributed by atoms with E-state index in [4.69, 9.17) is 4.74 Å². The molecule has 26 heavy (non-hydrogen) atoms. The van der Waals surface area contributed by atoms with Gasteiger partial charge >= 0.3 is 0 Å². The first-order valence-electron chi connectivity index (χ1n) is 8.68. The maximum absolute atomic E-state index is 12.2. The third-order valence-electron chi connectivity index (χ3n) is 3.83. The fraction of sp³-hybridized carbons (Fsp3) is 0.136. The van der Waals surface area contributed by atoms with Crippen LogP contribution in [0.4, 0.5) is 5.69 Å². The number of anilines is 1. The summed E-state index contributed by atoms with van der Waals surface area (Å²) in [6, 6.07) is 27.1. The van der Waals surface area contributed by atoms with Gasteiger partial charge in [0.2, 0.25) is 5.91 Å². The molecule has 1 amide bonds. The standard InChI is InChI=1S/C22H22N2O2/c25-22(15-16-23-17-18-9-3-1-4-10-18)24-20-13-7-8-14-21(20)26-19-11-5-2-6-12-19/h1-14,23H,15-17H2,(H,24,25). The number of amides is 1. The third kappa shape index (κ3) is 5.46. The molecule has 4 nitrogen and oxygen atoms in total. The molecule has 0 radical (unpaired) electrons. The van der Waals surface area contributed by atoms with E-state index in [1.807, 2.05) is 72.8 Å². The summed E-state index contributed by atoms with van der Waals surface area (Å²) in [6.45, 7) is 1.37. The molecule has 0 saturated heterocycles. The van der Waals surface area contributed by atoms with E-state index < -0.39 is 0 Å². The second kappa shape index (κ2) is 9.39. The molecule has 0 aliphatic rings. The summed E-state index contributed by atoms with van der Waals surface area (Å²) in [5.41, 5.74) is 1.87. The third-order valence-corrected chi connectivity index (χ3v) is 3.83. The van der Waals surface area contributed by atoms with Gasteiger partial charge in [0.1, 0.15) is 5.75 Å². The summed E-state index contributed by atoms with van der Waals surface area (Å²) in [5, 5.41) is 6.21. The SMILES string of the molecule is O=C(CCNCc1ccccc1)Nc1ccccc1Oc1ccccc1. The predicted molar refractivity (Wildman–Crippen MR) is 104 cm³/mol. The molecule has 2 N–H and O–H groups in total. The minimum absolute atomic E-state index is 0.0466. The molecule has 3 aromatic rings. The molecule has 0 saturated carbocycles. The molecule has 0 fully saturated rings. The Morgan fingerprint density at radius 1 is 0.808 bits per heavy atom. The Labute approximate surface area is 153 Å². The van der Waals surface area contributed by atoms with Crippen molar-refractivity contribution < 1.29 is 9.53 Å². The monoisotopic (exact) mass is 346 g/mol. The fourth-order valence-corrected chi connectivity index (χ4v) is 2.52. The van der Waals surface area contributed by atoms with Crippen LogP contribution in [0.1, 0.15) is 12.0 Å². The van der Waals surface area contributed by atoms with Crippen molar-refractivity contribution in [1.29, 1.82) is 0 Å². The Morgan fingerprint density at radius 2 is 1.46 bits per heavy atom. The van der Waals surface area contributed by atoms with E-state index in [1.54, 1.807) is 0 Å². The first-order valence-corrected chi connectivity index (χ1v) is 8.68. The van der Waals surface area contributed by atoms with Crippen LogP contribution in [0.25, 0.3) is 0 Å². The highest BCUT2D eigenvalue weighted by molar-refractivity contribution is 5.92. The van der Waals surface area contributed by atoms with Gasteiger partial charge in [0.25, 0.3) is 0 Å². The van der Waals surface area contributed by atoms with Crippen LogP contribution in [0.3, 0.4) is 0 Å². The largest absolute Gasteiger partial charge is 0.455 e. The summed E-state index contributed by atoms with van der Waals surface area (Å²) in [7, 11) is 0. The second-order valence-electron chi connectivity index (χ2n) is 5.87. The Morgan fingerprint density at radius 3 is 2.23 bits per heavy atom. The number of para-hydroxylation sites is 3. The quantitative estimate of drug-likeness (QED) is 0.586. The maximum atomic E-state index is 12.2. The van der Waals surface area contributed by atoms with Crippen molar-refractivity contribution >= 4 is 11.6 Å². The van der Waals surface area contributed by atoms with Crippen molar-refractivity contribution in [1.82, 2.24) is 5.32 Å². The van der Waals surface area contributed by atoms with E-state index in [-0.39, 0.29) is 5.91 Å². The van der Waals surface area contributed by atoms with Gasteiger partial charge < -0.3 is 15.4 Å². The highest BCUT2D eigenvalue weighted by Crippen LogP contribution is 2.29. The lowest BCUT2D eigenvalue weighted by Crippen LogP contribution is -2.21. The molecule has 0 spiro atoms. The molecular formula is C22H22N2O2. The number of ether oxygens (including phenoxy) is 1. The molecule has 3 rings (SSSR count). The van der Waals surface area contributed by atoms with Gasteiger partial charge in [-0.2, -0.15) is 0 Å². The lowest BCUT2D eigenvalue weighted by molar-refractivity contribution is -0.116. The predicted octanol–water partition coefficient (Wildman–Crippen LogP) is 4.60. The molecule has 0 aliphatic heterocycles. The number of nitrogens with one attached hydrogen (secondary N) is 2. The highest BCUT2D eigenvalue weighted by Gasteiger charge is 2.08. The van der Waals surface area contributed by atoms with Crippen LogP contribution >= 0.6 is 0 Å². The van der Waals surface area contributed by atoms with E-state index in [1.165, 1.54) is 5.56 Å². The number of hydrogen-bond donors (Lipinski definition) is 2. The maximum Gasteiger partial charge on any atom is 0.225 e. The smallest absolute Gasteiger partial charge is 0.225 e. The van der Waals surface area contributed by atoms with E-state index in [0.717, 1.165) is 12.3 Å². The average molecular weight is 346 g/mol. The lowest BCUT2D eigenvalue weighted by atomic mass is 10.2. The van der Waals surface area contributed by atoms with Crippen LogP contribution in [0.15, 0.2) is 84.9 Å². The van der Waals surface area contributed by atoms with Crippen molar-refractivity contribution in [2.75, 3.05) is 11.9 Å². The zero-order valence-electron chi connectivity index (χ0n) is 14.5. The van der Waals surface area contributed by atoms with Crippen molar-refractivity contribution in [2.24, 2.45) is 0 Å². The summed E-state index contributed by atoms with van der Waals surface area (Å²) < 4.78 is 5.86. The van der Waals surface area contributed by atoms with Crippen LogP contribution in [0.5, 0.6) is 11.5 Å². The van der Waals surface area contributed by atoms with Crippen LogP contribution in [-0.2, 0) is 11.3 Å². The number of benzene rings is 3. The van der Waals surface area contributed by atoms with Gasteiger partial charge in [-0.25, -0.2) is 0 Å². The van der Waals surface area contributed by atoms with Gasteiger partial charge in [-0.1, -0.05) is 60.7 Å². The molecule has 0 heterocycles. The van der Waals surface area contributed by atoms with Crippen molar-refractivity contribution in [3.8, 4) is 11.5 Å². The number of carbonyl (C=O) groups excluding carboxylic acids is 1. The van der Waals surface area contributed by atoms with Crippen molar-refractivity contribution in [3.63, 3.8) is 0 Å². The van der Waals surface area contributed by atoms with Gasteiger partial charge in [0.15, 0.2) is 5.75 Å². The number of rotatable bonds is 8. The fourth-order valence-electron chi connectivity index (χ4n) is 2.52. The highest BCUT2D eigenvalue weighted by atomic mass is 16.5. The Bertz CT molecular complexity index is 820. The van der Waals surface area contributed by atoms with Crippen LogP contribution in [0, 0.1) is 0 Å². The van der Waals surface area contributed by atoms with E-state index in [2.05, 4.69) is 22.8 Å². The zero-order valence-corrected chi connectivity index (χ0v) is 14.5. The Kier molecular flexibility index (Phi) is 6.40. The molecular weight excluding hydrogens is 324 g/mol. The summed E-state index contributed by atoms with van der Waals surface area (Å²) >= 11 is 0. The molecule has 4 heteroatoms. The first-order chi connectivity index (χ1) is 12.8. The van der Waals surface area contributed by atoms with Crippen LogP contribution < -0.4 is 15.4 Å². The normalized spacial score (nSPS) is 10.3. The van der Waals surface area contributed by atoms with E-state index in [9.17, 15) is 4.79 Å². The number of carbonyl (C=O) groups is 1. The molecule has 0 bridgehead atoms. The molecule has 0 unspecified atom stereocenters. The van der Waals surface area contributed by atoms with Crippen LogP contribution in [0.2, 0.25) is 0 Å². The van der Waals surface area contributed by atoms with Gasteiger partial charge in [0.05, 0.1) is 5.69 Å². The number of hydrogen-bond acceptors (Lipinski definition) is 3. The Balaban J connectivity index is 1.49. The Hall–Kier alpha value is -3.11. The van der Waals surface area contributed by atoms with Crippen molar-refractivity contribution in [2.45, 2.75) is 13.0 Å². The average Bonchev–Trinajstić information content (AvgIpc) is 2.68. The molecule has 3 aromatic carbocycles. The van der Waals surface area contributed by atoms with E-state index in [0.29, 0.717) is 24.4 Å². The van der Waals surface area contributed by atoms with Crippen molar-refractivity contribution in [3.05, 3.63) is 90.5 Å². The summed E-state index contributed by atoms with van der Waals surface area (Å²) in [6.07, 6.45) is 0.395. The first kappa shape index (κ1) is 17.7. The van der Waals surface area contributed by atoms with E-state index >= 15 is 0 Å². The molecule has 0 atom stereocenters. The minimum atomic E-state index is -0.0466. The lowest BCUT2D eigenvalue weighted by Gasteiger charge is -2.12. The van der Waals surface area contributed by atoms with Gasteiger partial charge in [0, 0.05) is 19.5 Å². The molecule has 132 valence electrons. The van der Waals surface area contributed by atoms with Gasteiger partial charge in [-0.05, 0) is 29.8 Å². The summed E-state index contributed by atoms with van der Waals surface area (Å²) in [4.78, 5) is 12.2. The second-order valence-corrected chi connectivity index (χ2v) is 5.87. The van der Waals surface area contributed by atoms with Gasteiger partial charge in [-0.15, -0.1) is 0 Å².